The van der Waals surface area contributed by atoms with Gasteiger partial charge in [0.2, 0.25) is 0 Å². The summed E-state index contributed by atoms with van der Waals surface area (Å²) >= 11 is 13.1. The Morgan fingerprint density at radius 2 is 2.09 bits per heavy atom. The molecule has 2 aromatic heterocycles. The predicted molar refractivity (Wildman–Crippen MR) is 125 cm³/mol. The summed E-state index contributed by atoms with van der Waals surface area (Å²) in [7, 11) is 0. The number of carbonyl (C=O) groups excluding carboxylic acids is 1. The van der Waals surface area contributed by atoms with Crippen molar-refractivity contribution in [2.24, 2.45) is 0 Å². The summed E-state index contributed by atoms with van der Waals surface area (Å²) in [5.74, 6) is -3.44. The molecule has 1 aromatic carbocycles. The number of aromatic nitrogens is 2. The van der Waals surface area contributed by atoms with Gasteiger partial charge in [0.1, 0.15) is 5.65 Å². The van der Waals surface area contributed by atoms with Crippen LogP contribution in [-0.4, -0.2) is 44.5 Å². The highest BCUT2D eigenvalue weighted by Crippen LogP contribution is 2.34. The fourth-order valence-corrected chi connectivity index (χ4v) is 4.71. The second-order valence-electron chi connectivity index (χ2n) is 8.33. The van der Waals surface area contributed by atoms with E-state index in [9.17, 15) is 18.7 Å². The number of aliphatic hydroxyl groups excluding tert-OH is 1. The number of likely N-dealkylation sites (tertiary alicyclic amines) is 1. The van der Waals surface area contributed by atoms with Gasteiger partial charge in [0, 0.05) is 42.0 Å². The second kappa shape index (κ2) is 8.70. The van der Waals surface area contributed by atoms with E-state index in [1.807, 2.05) is 0 Å². The van der Waals surface area contributed by atoms with Crippen LogP contribution in [0.4, 0.5) is 8.78 Å². The molecule has 0 radical (unpaired) electrons. The summed E-state index contributed by atoms with van der Waals surface area (Å²) in [6.45, 7) is 7.45. The molecule has 0 spiro atoms. The van der Waals surface area contributed by atoms with Crippen LogP contribution in [0.2, 0.25) is 10.0 Å². The monoisotopic (exact) mass is 493 g/mol. The van der Waals surface area contributed by atoms with E-state index in [4.69, 9.17) is 23.2 Å². The van der Waals surface area contributed by atoms with Crippen LogP contribution in [0.1, 0.15) is 44.9 Å². The van der Waals surface area contributed by atoms with Gasteiger partial charge in [-0.2, -0.15) is 8.78 Å². The zero-order valence-electron chi connectivity index (χ0n) is 18.2. The molecule has 1 aliphatic rings. The summed E-state index contributed by atoms with van der Waals surface area (Å²) in [6, 6.07) is 4.59. The molecule has 174 valence electrons. The lowest BCUT2D eigenvalue weighted by Gasteiger charge is -2.18. The molecule has 0 saturated carbocycles. The number of halogens is 4. The number of benzene rings is 1. The number of amides is 1. The van der Waals surface area contributed by atoms with Gasteiger partial charge in [0.05, 0.1) is 22.4 Å². The zero-order chi connectivity index (χ0) is 24.1. The third-order valence-electron chi connectivity index (χ3n) is 6.09. The van der Waals surface area contributed by atoms with E-state index >= 15 is 0 Å². The number of hydrogen-bond acceptors (Lipinski definition) is 3. The zero-order valence-corrected chi connectivity index (χ0v) is 19.7. The molecule has 33 heavy (non-hydrogen) atoms. The third-order valence-corrected chi connectivity index (χ3v) is 6.88. The molecular formula is C24H23Cl2F2N3O2. The van der Waals surface area contributed by atoms with Crippen molar-refractivity contribution < 1.29 is 18.7 Å². The molecule has 1 saturated heterocycles. The first kappa shape index (κ1) is 23.7. The van der Waals surface area contributed by atoms with E-state index in [0.29, 0.717) is 57.8 Å². The van der Waals surface area contributed by atoms with Crippen LogP contribution in [0.15, 0.2) is 37.1 Å². The number of fused-ring (bicyclic) bond motifs is 1. The largest absolute Gasteiger partial charge is 0.391 e. The topological polar surface area (TPSA) is 57.8 Å². The van der Waals surface area contributed by atoms with E-state index in [2.05, 4.69) is 11.6 Å². The molecule has 1 fully saturated rings. The van der Waals surface area contributed by atoms with Crippen LogP contribution in [0, 0.1) is 13.8 Å². The minimum Gasteiger partial charge on any atom is -0.391 e. The maximum atomic E-state index is 14.2. The summed E-state index contributed by atoms with van der Waals surface area (Å²) in [6.07, 6.45) is 2.18. The summed E-state index contributed by atoms with van der Waals surface area (Å²) in [5, 5.41) is 10.4. The van der Waals surface area contributed by atoms with Gasteiger partial charge in [0.25, 0.3) is 11.8 Å². The van der Waals surface area contributed by atoms with Gasteiger partial charge >= 0.3 is 0 Å². The molecule has 5 nitrogen and oxygen atoms in total. The number of carbonyl (C=O) groups is 1. The van der Waals surface area contributed by atoms with Gasteiger partial charge in [-0.15, -0.1) is 0 Å². The quantitative estimate of drug-likeness (QED) is 0.488. The van der Waals surface area contributed by atoms with Gasteiger partial charge in [0.15, 0.2) is 0 Å². The van der Waals surface area contributed by atoms with Crippen LogP contribution in [0.5, 0.6) is 0 Å². The molecular weight excluding hydrogens is 471 g/mol. The first-order valence-electron chi connectivity index (χ1n) is 10.5. The van der Waals surface area contributed by atoms with Crippen molar-refractivity contribution in [2.75, 3.05) is 13.1 Å². The molecule has 3 heterocycles. The number of alkyl halides is 2. The lowest BCUT2D eigenvalue weighted by Crippen LogP contribution is -2.29. The molecule has 1 amide bonds. The van der Waals surface area contributed by atoms with Crippen LogP contribution >= 0.6 is 23.2 Å². The number of aliphatic hydroxyl groups is 1. The normalized spacial score (nSPS) is 16.6. The van der Waals surface area contributed by atoms with Crippen molar-refractivity contribution in [3.05, 3.63) is 80.7 Å². The van der Waals surface area contributed by atoms with Crippen molar-refractivity contribution in [1.82, 2.24) is 14.3 Å². The molecule has 0 aliphatic carbocycles. The average Bonchev–Trinajstić information content (AvgIpc) is 3.34. The lowest BCUT2D eigenvalue weighted by atomic mass is 10.0. The Balaban J connectivity index is 1.74. The Kier molecular flexibility index (Phi) is 6.24. The highest BCUT2D eigenvalue weighted by molar-refractivity contribution is 6.38. The maximum Gasteiger partial charge on any atom is 0.292 e. The van der Waals surface area contributed by atoms with Crippen LogP contribution in [-0.2, 0) is 12.3 Å². The molecule has 4 rings (SSSR count). The number of rotatable bonds is 5. The van der Waals surface area contributed by atoms with Crippen LogP contribution in [0.3, 0.4) is 0 Å². The van der Waals surface area contributed by atoms with Crippen molar-refractivity contribution in [3.63, 3.8) is 0 Å². The van der Waals surface area contributed by atoms with Crippen molar-refractivity contribution >= 4 is 34.8 Å². The second-order valence-corrected chi connectivity index (χ2v) is 9.12. The number of hydrogen-bond donors (Lipinski definition) is 1. The molecule has 1 aliphatic heterocycles. The van der Waals surface area contributed by atoms with E-state index < -0.39 is 12.0 Å². The van der Waals surface area contributed by atoms with Gasteiger partial charge in [-0.25, -0.2) is 4.98 Å². The first-order chi connectivity index (χ1) is 15.5. The van der Waals surface area contributed by atoms with Gasteiger partial charge in [-0.05, 0) is 55.7 Å². The number of aryl methyl sites for hydroxylation is 2. The van der Waals surface area contributed by atoms with Gasteiger partial charge < -0.3 is 14.4 Å². The number of β-amino-alcohol motifs (C(OH)–C–C–N with tert-alkyl or cyclic N) is 1. The Labute approximate surface area is 200 Å². The molecule has 1 unspecified atom stereocenters. The molecule has 1 N–H and O–H groups in total. The summed E-state index contributed by atoms with van der Waals surface area (Å²) in [4.78, 5) is 19.1. The summed E-state index contributed by atoms with van der Waals surface area (Å²) in [5.41, 5.74) is 3.09. The maximum absolute atomic E-state index is 14.2. The van der Waals surface area contributed by atoms with Crippen LogP contribution < -0.4 is 0 Å². The molecule has 3 aromatic rings. The van der Waals surface area contributed by atoms with Gasteiger partial charge in [-0.1, -0.05) is 29.8 Å². The average molecular weight is 494 g/mol. The fraction of sp³-hybridized carbons (Fsp3) is 0.333. The van der Waals surface area contributed by atoms with E-state index in [1.165, 1.54) is 12.3 Å². The Morgan fingerprint density at radius 3 is 2.73 bits per heavy atom. The minimum absolute atomic E-state index is 0.175. The number of imidazole rings is 1. The SMILES string of the molecule is C=CC(F)(F)c1cc(C)c2nc(Cc3c(Cl)ccc(C(=O)N4CCC(O)C4)c3Cl)c(C)n2c1. The Bertz CT molecular complexity index is 1270. The standard InChI is InChI=1S/C24H23Cl2F2N3O2/c1-4-24(27,28)15-9-13(2)22-29-20(14(3)31(22)11-15)10-18-19(25)6-5-17(21(18)26)23(33)30-8-7-16(32)12-30/h4-6,9,11,16,32H,1,7-8,10,12H2,2-3H3. The number of pyridine rings is 1. The Morgan fingerprint density at radius 1 is 1.36 bits per heavy atom. The fourth-order valence-electron chi connectivity index (χ4n) is 4.13. The molecule has 0 bridgehead atoms. The summed E-state index contributed by atoms with van der Waals surface area (Å²) < 4.78 is 30.1. The van der Waals surface area contributed by atoms with Crippen molar-refractivity contribution in [3.8, 4) is 0 Å². The van der Waals surface area contributed by atoms with Crippen LogP contribution in [0.25, 0.3) is 5.65 Å². The number of nitrogens with zero attached hydrogens (tertiary/aromatic N) is 3. The van der Waals surface area contributed by atoms with Gasteiger partial charge in [-0.3, -0.25) is 4.79 Å². The third kappa shape index (κ3) is 4.25. The molecule has 1 atom stereocenters. The predicted octanol–water partition coefficient (Wildman–Crippen LogP) is 5.33. The van der Waals surface area contributed by atoms with Crippen molar-refractivity contribution in [1.29, 1.82) is 0 Å². The molecule has 9 heteroatoms. The minimum atomic E-state index is -3.17. The lowest BCUT2D eigenvalue weighted by molar-refractivity contribution is 0.0520. The van der Waals surface area contributed by atoms with Crippen molar-refractivity contribution in [2.45, 2.75) is 38.7 Å². The highest BCUT2D eigenvalue weighted by atomic mass is 35.5. The van der Waals surface area contributed by atoms with E-state index in [0.717, 1.165) is 0 Å². The van der Waals surface area contributed by atoms with E-state index in [-0.39, 0.29) is 29.5 Å². The smallest absolute Gasteiger partial charge is 0.292 e. The highest BCUT2D eigenvalue weighted by Gasteiger charge is 2.30. The first-order valence-corrected chi connectivity index (χ1v) is 11.2. The van der Waals surface area contributed by atoms with E-state index in [1.54, 1.807) is 35.3 Å². The Hall–Kier alpha value is -2.48. The number of allylic oxidation sites excluding steroid dienone is 1.